The van der Waals surface area contributed by atoms with Gasteiger partial charge in [0.2, 0.25) is 0 Å². The van der Waals surface area contributed by atoms with Crippen molar-refractivity contribution in [1.82, 2.24) is 19.9 Å². The highest BCUT2D eigenvalue weighted by atomic mass is 14.8. The Kier molecular flexibility index (Phi) is 7.82. The minimum absolute atomic E-state index is 0.816. The van der Waals surface area contributed by atoms with E-state index in [0.717, 1.165) is 99.5 Å². The number of benzene rings is 8. The van der Waals surface area contributed by atoms with Gasteiger partial charge < -0.3 is 0 Å². The molecule has 60 heavy (non-hydrogen) atoms. The second-order valence-electron chi connectivity index (χ2n) is 15.4. The summed E-state index contributed by atoms with van der Waals surface area (Å²) in [6.45, 7) is 0. The Labute approximate surface area is 346 Å². The van der Waals surface area contributed by atoms with Crippen molar-refractivity contribution in [2.24, 2.45) is 0 Å². The van der Waals surface area contributed by atoms with Gasteiger partial charge in [0.1, 0.15) is 0 Å². The topological polar surface area (TPSA) is 51.6 Å². The quantitative estimate of drug-likeness (QED) is 0.164. The molecule has 12 aromatic rings. The van der Waals surface area contributed by atoms with E-state index in [1.165, 1.54) is 21.7 Å². The van der Waals surface area contributed by atoms with Crippen LogP contribution in [0.3, 0.4) is 0 Å². The van der Waals surface area contributed by atoms with Gasteiger partial charge in [0.25, 0.3) is 0 Å². The largest absolute Gasteiger partial charge is 0.256 e. The smallest absolute Gasteiger partial charge is 0.0979 e. The highest BCUT2D eigenvalue weighted by Gasteiger charge is 2.20. The minimum atomic E-state index is 0.816. The third kappa shape index (κ3) is 5.69. The van der Waals surface area contributed by atoms with Crippen molar-refractivity contribution in [2.75, 3.05) is 0 Å². The normalized spacial score (nSPS) is 11.7. The van der Waals surface area contributed by atoms with Crippen LogP contribution in [0.4, 0.5) is 0 Å². The van der Waals surface area contributed by atoms with Crippen LogP contribution >= 0.6 is 0 Å². The number of aromatic nitrogens is 4. The first kappa shape index (κ1) is 34.0. The van der Waals surface area contributed by atoms with Crippen LogP contribution in [0.25, 0.3) is 121 Å². The van der Waals surface area contributed by atoms with Gasteiger partial charge in [0.15, 0.2) is 0 Å². The Hall–Kier alpha value is -8.08. The summed E-state index contributed by atoms with van der Waals surface area (Å²) < 4.78 is 0. The first-order valence-electron chi connectivity index (χ1n) is 20.3. The number of para-hydroxylation sites is 1. The van der Waals surface area contributed by atoms with Crippen molar-refractivity contribution in [3.63, 3.8) is 0 Å². The maximum Gasteiger partial charge on any atom is 0.0979 e. The molecule has 0 aliphatic rings. The summed E-state index contributed by atoms with van der Waals surface area (Å²) in [5.41, 5.74) is 12.5. The molecule has 0 saturated heterocycles. The monoisotopic (exact) mass is 762 g/mol. The second kappa shape index (κ2) is 13.8. The lowest BCUT2D eigenvalue weighted by atomic mass is 9.93. The van der Waals surface area contributed by atoms with E-state index in [0.29, 0.717) is 0 Å². The third-order valence-corrected chi connectivity index (χ3v) is 11.9. The molecule has 4 heterocycles. The van der Waals surface area contributed by atoms with E-state index in [-0.39, 0.29) is 0 Å². The number of fused-ring (bicyclic) bond motifs is 8. The van der Waals surface area contributed by atoms with Crippen molar-refractivity contribution in [3.8, 4) is 56.2 Å². The van der Waals surface area contributed by atoms with Gasteiger partial charge in [-0.1, -0.05) is 164 Å². The molecular weight excluding hydrogens is 729 g/mol. The van der Waals surface area contributed by atoms with E-state index >= 15 is 0 Å². The Balaban J connectivity index is 1.18. The zero-order valence-corrected chi connectivity index (χ0v) is 32.4. The van der Waals surface area contributed by atoms with Crippen LogP contribution in [0, 0.1) is 0 Å². The summed E-state index contributed by atoms with van der Waals surface area (Å²) in [6.07, 6.45) is 1.97. The molecule has 0 saturated carbocycles. The molecule has 0 amide bonds. The lowest BCUT2D eigenvalue weighted by molar-refractivity contribution is 1.33. The number of rotatable bonds is 5. The average molecular weight is 763 g/mol. The van der Waals surface area contributed by atoms with Crippen molar-refractivity contribution in [3.05, 3.63) is 206 Å². The zero-order chi connectivity index (χ0) is 39.6. The molecule has 0 aliphatic heterocycles. The van der Waals surface area contributed by atoms with Gasteiger partial charge in [-0.15, -0.1) is 0 Å². The van der Waals surface area contributed by atoms with E-state index in [4.69, 9.17) is 19.9 Å². The molecule has 0 N–H and O–H groups in total. The average Bonchev–Trinajstić information content (AvgIpc) is 3.33. The van der Waals surface area contributed by atoms with Gasteiger partial charge >= 0.3 is 0 Å². The standard InChI is InChI=1S/C56H34N4/c1-2-12-35(13-3-1)36-22-24-38(25-23-36)52-32-48(51-29-26-37-14-7-11-21-50(37)58-51)45-27-28-46-49(53-31-39-15-4-5-17-41(39)34-57-53)33-54(60-56(46)55(45)59-52)47-30-40-16-6-8-18-42(40)43-19-9-10-20-44(43)47/h1-34H. The molecule has 0 fully saturated rings. The molecule has 0 unspecified atom stereocenters. The highest BCUT2D eigenvalue weighted by molar-refractivity contribution is 6.16. The number of nitrogens with zero attached hydrogens (tertiary/aromatic N) is 4. The maximum atomic E-state index is 5.64. The third-order valence-electron chi connectivity index (χ3n) is 11.9. The molecule has 0 spiro atoms. The van der Waals surface area contributed by atoms with Gasteiger partial charge in [-0.25, -0.2) is 15.0 Å². The van der Waals surface area contributed by atoms with Gasteiger partial charge in [-0.3, -0.25) is 4.98 Å². The van der Waals surface area contributed by atoms with Crippen molar-refractivity contribution in [2.45, 2.75) is 0 Å². The SMILES string of the molecule is c1ccc(-c2ccc(-c3cc(-c4ccc5ccccc5n4)c4ccc5c(-c6cc7ccccc7cn6)cc(-c6cc7ccccc7c7ccccc67)nc5c4n3)cc2)cc1. The fraction of sp³-hybridized carbons (Fsp3) is 0. The molecule has 278 valence electrons. The summed E-state index contributed by atoms with van der Waals surface area (Å²) in [6, 6.07) is 70.7. The van der Waals surface area contributed by atoms with Crippen molar-refractivity contribution < 1.29 is 0 Å². The molecule has 4 aromatic heterocycles. The number of hydrogen-bond acceptors (Lipinski definition) is 4. The van der Waals surface area contributed by atoms with Gasteiger partial charge in [-0.05, 0) is 74.5 Å². The molecule has 0 radical (unpaired) electrons. The summed E-state index contributed by atoms with van der Waals surface area (Å²) in [5, 5.41) is 10.0. The highest BCUT2D eigenvalue weighted by Crippen LogP contribution is 2.42. The number of hydrogen-bond donors (Lipinski definition) is 0. The van der Waals surface area contributed by atoms with Gasteiger partial charge in [0, 0.05) is 50.0 Å². The summed E-state index contributed by atoms with van der Waals surface area (Å²) in [5.74, 6) is 0. The Morgan fingerprint density at radius 3 is 1.63 bits per heavy atom. The lowest BCUT2D eigenvalue weighted by Gasteiger charge is -2.16. The van der Waals surface area contributed by atoms with Crippen LogP contribution in [0.15, 0.2) is 206 Å². The molecule has 8 aromatic carbocycles. The minimum Gasteiger partial charge on any atom is -0.256 e. The first-order chi connectivity index (χ1) is 29.7. The molecule has 4 nitrogen and oxygen atoms in total. The van der Waals surface area contributed by atoms with E-state index in [1.807, 2.05) is 18.3 Å². The molecule has 0 atom stereocenters. The Morgan fingerprint density at radius 2 is 0.833 bits per heavy atom. The van der Waals surface area contributed by atoms with Crippen LogP contribution in [-0.2, 0) is 0 Å². The summed E-state index contributed by atoms with van der Waals surface area (Å²) in [4.78, 5) is 21.5. The lowest BCUT2D eigenvalue weighted by Crippen LogP contribution is -1.97. The molecule has 0 aliphatic carbocycles. The summed E-state index contributed by atoms with van der Waals surface area (Å²) >= 11 is 0. The first-order valence-corrected chi connectivity index (χ1v) is 20.3. The predicted octanol–water partition coefficient (Wildman–Crippen LogP) is 14.5. The van der Waals surface area contributed by atoms with E-state index in [2.05, 4.69) is 188 Å². The molecule has 0 bridgehead atoms. The van der Waals surface area contributed by atoms with E-state index < -0.39 is 0 Å². The van der Waals surface area contributed by atoms with Crippen LogP contribution in [0.1, 0.15) is 0 Å². The number of pyridine rings is 4. The Morgan fingerprint density at radius 1 is 0.267 bits per heavy atom. The van der Waals surface area contributed by atoms with Crippen molar-refractivity contribution >= 4 is 65.0 Å². The van der Waals surface area contributed by atoms with Gasteiger partial charge in [-0.2, -0.15) is 0 Å². The van der Waals surface area contributed by atoms with E-state index in [1.54, 1.807) is 0 Å². The zero-order valence-electron chi connectivity index (χ0n) is 32.4. The van der Waals surface area contributed by atoms with Crippen LogP contribution in [-0.4, -0.2) is 19.9 Å². The van der Waals surface area contributed by atoms with Crippen molar-refractivity contribution in [1.29, 1.82) is 0 Å². The second-order valence-corrected chi connectivity index (χ2v) is 15.4. The predicted molar refractivity (Wildman–Crippen MR) is 250 cm³/mol. The van der Waals surface area contributed by atoms with Gasteiger partial charge in [0.05, 0.1) is 39.3 Å². The van der Waals surface area contributed by atoms with Crippen LogP contribution in [0.5, 0.6) is 0 Å². The molecular formula is C56H34N4. The fourth-order valence-electron chi connectivity index (χ4n) is 8.86. The van der Waals surface area contributed by atoms with Crippen LogP contribution < -0.4 is 0 Å². The molecule has 12 rings (SSSR count). The Bertz CT molecular complexity index is 3650. The van der Waals surface area contributed by atoms with E-state index in [9.17, 15) is 0 Å². The maximum absolute atomic E-state index is 5.64. The fourth-order valence-corrected chi connectivity index (χ4v) is 8.86. The summed E-state index contributed by atoms with van der Waals surface area (Å²) in [7, 11) is 0. The van der Waals surface area contributed by atoms with Crippen LogP contribution in [0.2, 0.25) is 0 Å². The molecule has 4 heteroatoms.